The molecule has 0 aliphatic carbocycles. The predicted octanol–water partition coefficient (Wildman–Crippen LogP) is 4.35. The normalized spacial score (nSPS) is 10.2. The number of nitrogens with one attached hydrogen (secondary N) is 3. The number of amides is 2. The predicted molar refractivity (Wildman–Crippen MR) is 104 cm³/mol. The minimum Gasteiger partial charge on any atom is -0.459 e. The minimum absolute atomic E-state index is 0.0942. The summed E-state index contributed by atoms with van der Waals surface area (Å²) in [5.41, 5.74) is 2.02. The quantitative estimate of drug-likeness (QED) is 0.560. The zero-order chi connectivity index (χ0) is 18.4. The smallest absolute Gasteiger partial charge is 0.291 e. The largest absolute Gasteiger partial charge is 0.459 e. The van der Waals surface area contributed by atoms with Gasteiger partial charge in [0, 0.05) is 15.8 Å². The van der Waals surface area contributed by atoms with Gasteiger partial charge in [0.15, 0.2) is 5.76 Å². The molecule has 2 amide bonds. The second kappa shape index (κ2) is 8.35. The number of anilines is 3. The highest BCUT2D eigenvalue weighted by molar-refractivity contribution is 9.10. The van der Waals surface area contributed by atoms with Gasteiger partial charge >= 0.3 is 0 Å². The Morgan fingerprint density at radius 1 is 0.923 bits per heavy atom. The second-order valence-corrected chi connectivity index (χ2v) is 6.25. The average molecular weight is 414 g/mol. The third-order valence-corrected chi connectivity index (χ3v) is 4.16. The van der Waals surface area contributed by atoms with Gasteiger partial charge in [0.25, 0.3) is 5.91 Å². The lowest BCUT2D eigenvalue weighted by Gasteiger charge is -2.10. The molecule has 0 bridgehead atoms. The molecular weight excluding hydrogens is 398 g/mol. The Balaban J connectivity index is 1.56. The fourth-order valence-electron chi connectivity index (χ4n) is 2.25. The van der Waals surface area contributed by atoms with E-state index in [0.29, 0.717) is 17.1 Å². The van der Waals surface area contributed by atoms with Crippen molar-refractivity contribution in [1.82, 2.24) is 0 Å². The standard InChI is InChI=1S/C19H16BrN3O3/c20-15-7-1-2-8-16(15)23-18(24)12-21-13-5-3-6-14(11-13)22-19(25)17-9-4-10-26-17/h1-11,21H,12H2,(H,22,25)(H,23,24). The number of carbonyl (C=O) groups is 2. The molecule has 0 fully saturated rings. The molecule has 26 heavy (non-hydrogen) atoms. The van der Waals surface area contributed by atoms with Crippen LogP contribution in [0.4, 0.5) is 17.1 Å². The van der Waals surface area contributed by atoms with E-state index >= 15 is 0 Å². The van der Waals surface area contributed by atoms with E-state index in [-0.39, 0.29) is 24.1 Å². The monoisotopic (exact) mass is 413 g/mol. The number of carbonyl (C=O) groups excluding carboxylic acids is 2. The van der Waals surface area contributed by atoms with Crippen molar-refractivity contribution < 1.29 is 14.0 Å². The lowest BCUT2D eigenvalue weighted by Crippen LogP contribution is -2.22. The van der Waals surface area contributed by atoms with Crippen LogP contribution in [0.5, 0.6) is 0 Å². The van der Waals surface area contributed by atoms with E-state index in [0.717, 1.165) is 4.47 Å². The maximum atomic E-state index is 12.1. The summed E-state index contributed by atoms with van der Waals surface area (Å²) in [7, 11) is 0. The molecule has 1 heterocycles. The summed E-state index contributed by atoms with van der Waals surface area (Å²) in [6, 6.07) is 17.7. The number of rotatable bonds is 6. The zero-order valence-electron chi connectivity index (χ0n) is 13.7. The summed E-state index contributed by atoms with van der Waals surface area (Å²) in [6.07, 6.45) is 1.44. The summed E-state index contributed by atoms with van der Waals surface area (Å²) >= 11 is 3.39. The van der Waals surface area contributed by atoms with Crippen LogP contribution in [0.15, 0.2) is 75.8 Å². The summed E-state index contributed by atoms with van der Waals surface area (Å²) in [6.45, 7) is 0.0942. The van der Waals surface area contributed by atoms with Crippen LogP contribution in [0.25, 0.3) is 0 Å². The van der Waals surface area contributed by atoms with E-state index in [1.165, 1.54) is 6.26 Å². The van der Waals surface area contributed by atoms with Crippen molar-refractivity contribution in [3.63, 3.8) is 0 Å². The molecule has 6 nitrogen and oxygen atoms in total. The minimum atomic E-state index is -0.334. The first kappa shape index (κ1) is 17.8. The first-order chi connectivity index (χ1) is 12.6. The van der Waals surface area contributed by atoms with Crippen LogP contribution in [-0.2, 0) is 4.79 Å². The third kappa shape index (κ3) is 4.73. The van der Waals surface area contributed by atoms with Gasteiger partial charge in [0.05, 0.1) is 18.5 Å². The molecule has 3 rings (SSSR count). The summed E-state index contributed by atoms with van der Waals surface area (Å²) < 4.78 is 5.87. The van der Waals surface area contributed by atoms with Gasteiger partial charge in [-0.2, -0.15) is 0 Å². The number of para-hydroxylation sites is 1. The lowest BCUT2D eigenvalue weighted by atomic mass is 10.2. The highest BCUT2D eigenvalue weighted by Gasteiger charge is 2.09. The van der Waals surface area contributed by atoms with E-state index < -0.39 is 0 Å². The fraction of sp³-hybridized carbons (Fsp3) is 0.0526. The Morgan fingerprint density at radius 2 is 1.73 bits per heavy atom. The van der Waals surface area contributed by atoms with Crippen molar-refractivity contribution in [2.75, 3.05) is 22.5 Å². The van der Waals surface area contributed by atoms with Gasteiger partial charge in [0.1, 0.15) is 0 Å². The van der Waals surface area contributed by atoms with Gasteiger partial charge in [-0.15, -0.1) is 0 Å². The summed E-state index contributed by atoms with van der Waals surface area (Å²) in [5.74, 6) is -0.281. The molecule has 3 aromatic rings. The van der Waals surface area contributed by atoms with E-state index in [2.05, 4.69) is 31.9 Å². The van der Waals surface area contributed by atoms with Crippen molar-refractivity contribution in [2.24, 2.45) is 0 Å². The topological polar surface area (TPSA) is 83.4 Å². The van der Waals surface area contributed by atoms with Crippen LogP contribution < -0.4 is 16.0 Å². The molecule has 3 N–H and O–H groups in total. The Bertz CT molecular complexity index is 910. The Labute approximate surface area is 158 Å². The number of hydrogen-bond acceptors (Lipinski definition) is 4. The molecule has 0 saturated carbocycles. The first-order valence-electron chi connectivity index (χ1n) is 7.85. The fourth-order valence-corrected chi connectivity index (χ4v) is 2.63. The molecule has 0 unspecified atom stereocenters. The third-order valence-electron chi connectivity index (χ3n) is 3.47. The zero-order valence-corrected chi connectivity index (χ0v) is 15.2. The average Bonchev–Trinajstić information content (AvgIpc) is 3.17. The lowest BCUT2D eigenvalue weighted by molar-refractivity contribution is -0.114. The van der Waals surface area contributed by atoms with E-state index in [4.69, 9.17) is 4.42 Å². The van der Waals surface area contributed by atoms with Gasteiger partial charge in [0.2, 0.25) is 5.91 Å². The molecule has 132 valence electrons. The molecule has 0 spiro atoms. The molecule has 0 atom stereocenters. The molecular formula is C19H16BrN3O3. The van der Waals surface area contributed by atoms with Crippen LogP contribution in [0.3, 0.4) is 0 Å². The molecule has 0 aliphatic rings. The van der Waals surface area contributed by atoms with Gasteiger partial charge in [-0.3, -0.25) is 9.59 Å². The molecule has 0 radical (unpaired) electrons. The molecule has 1 aromatic heterocycles. The van der Waals surface area contributed by atoms with Crippen molar-refractivity contribution >= 4 is 44.8 Å². The van der Waals surface area contributed by atoms with Crippen molar-refractivity contribution in [3.8, 4) is 0 Å². The number of halogens is 1. The van der Waals surface area contributed by atoms with Crippen molar-refractivity contribution in [1.29, 1.82) is 0 Å². The van der Waals surface area contributed by atoms with Crippen LogP contribution in [-0.4, -0.2) is 18.4 Å². The van der Waals surface area contributed by atoms with Crippen LogP contribution in [0, 0.1) is 0 Å². The molecule has 7 heteroatoms. The Kier molecular flexibility index (Phi) is 5.70. The van der Waals surface area contributed by atoms with Crippen LogP contribution in [0.2, 0.25) is 0 Å². The highest BCUT2D eigenvalue weighted by atomic mass is 79.9. The maximum Gasteiger partial charge on any atom is 0.291 e. The summed E-state index contributed by atoms with van der Waals surface area (Å²) in [5, 5.41) is 8.59. The molecule has 2 aromatic carbocycles. The van der Waals surface area contributed by atoms with Crippen molar-refractivity contribution in [3.05, 3.63) is 77.2 Å². The number of hydrogen-bond donors (Lipinski definition) is 3. The van der Waals surface area contributed by atoms with E-state index in [9.17, 15) is 9.59 Å². The van der Waals surface area contributed by atoms with Crippen LogP contribution >= 0.6 is 15.9 Å². The van der Waals surface area contributed by atoms with Crippen molar-refractivity contribution in [2.45, 2.75) is 0 Å². The Morgan fingerprint density at radius 3 is 2.50 bits per heavy atom. The van der Waals surface area contributed by atoms with E-state index in [1.54, 1.807) is 30.3 Å². The van der Waals surface area contributed by atoms with Gasteiger partial charge in [-0.1, -0.05) is 18.2 Å². The summed E-state index contributed by atoms with van der Waals surface area (Å²) in [4.78, 5) is 24.1. The van der Waals surface area contributed by atoms with Gasteiger partial charge in [-0.25, -0.2) is 0 Å². The van der Waals surface area contributed by atoms with E-state index in [1.807, 2.05) is 30.3 Å². The van der Waals surface area contributed by atoms with Gasteiger partial charge in [-0.05, 0) is 58.4 Å². The maximum absolute atomic E-state index is 12.1. The SMILES string of the molecule is O=C(CNc1cccc(NC(=O)c2ccco2)c1)Nc1ccccc1Br. The Hall–Kier alpha value is -3.06. The van der Waals surface area contributed by atoms with Gasteiger partial charge < -0.3 is 20.4 Å². The second-order valence-electron chi connectivity index (χ2n) is 5.39. The van der Waals surface area contributed by atoms with Crippen LogP contribution in [0.1, 0.15) is 10.6 Å². The molecule has 0 saturated heterocycles. The number of benzene rings is 2. The molecule has 0 aliphatic heterocycles. The highest BCUT2D eigenvalue weighted by Crippen LogP contribution is 2.21. The first-order valence-corrected chi connectivity index (χ1v) is 8.64. The number of furan rings is 1.